The van der Waals surface area contributed by atoms with E-state index < -0.39 is 0 Å². The molecule has 0 unspecified atom stereocenters. The Balaban J connectivity index is 2.33. The maximum Gasteiger partial charge on any atom is 0.272 e. The third-order valence-corrected chi connectivity index (χ3v) is 4.12. The molecule has 0 radical (unpaired) electrons. The van der Waals surface area contributed by atoms with Crippen LogP contribution in [0.25, 0.3) is 0 Å². The maximum atomic E-state index is 12.4. The molecule has 110 valence electrons. The molecular weight excluding hydrogens is 379 g/mol. The number of Topliss-reactive ketones (excluding diaryl/α,β-unsaturated/α-hetero) is 1. The summed E-state index contributed by atoms with van der Waals surface area (Å²) in [5.74, 6) is -0.266. The number of benzene rings is 1. The van der Waals surface area contributed by atoms with Crippen molar-refractivity contribution in [3.8, 4) is 0 Å². The van der Waals surface area contributed by atoms with Gasteiger partial charge in [0, 0.05) is 20.5 Å². The molecule has 2 rings (SSSR count). The summed E-state index contributed by atoms with van der Waals surface area (Å²) in [6.07, 6.45) is 0. The van der Waals surface area contributed by atoms with Crippen molar-refractivity contribution in [3.63, 3.8) is 0 Å². The van der Waals surface area contributed by atoms with E-state index in [2.05, 4.69) is 32.9 Å². The number of carbonyl (C=O) groups excluding carboxylic acids is 2. The lowest BCUT2D eigenvalue weighted by molar-refractivity contribution is 0.101. The molecular formula is C16H17IN2O2. The quantitative estimate of drug-likeness (QED) is 0.609. The van der Waals surface area contributed by atoms with Gasteiger partial charge in [0.2, 0.25) is 0 Å². The standard InChI is InChI=1S/C16H17IN2O2/c1-8-7-12(17)5-6-13(8)19-16(21)15-9(2)14(11(4)20)10(3)18-15/h5-7,18H,1-4H3,(H,19,21). The van der Waals surface area contributed by atoms with Crippen molar-refractivity contribution in [2.45, 2.75) is 27.7 Å². The predicted octanol–water partition coefficient (Wildman–Crippen LogP) is 4.00. The van der Waals surface area contributed by atoms with E-state index in [0.717, 1.165) is 20.5 Å². The van der Waals surface area contributed by atoms with Crippen LogP contribution in [0.5, 0.6) is 0 Å². The number of halogens is 1. The van der Waals surface area contributed by atoms with Crippen LogP contribution >= 0.6 is 22.6 Å². The van der Waals surface area contributed by atoms with Crippen LogP contribution in [0.1, 0.15) is 44.6 Å². The monoisotopic (exact) mass is 396 g/mol. The second-order valence-corrected chi connectivity index (χ2v) is 6.34. The van der Waals surface area contributed by atoms with E-state index in [1.807, 2.05) is 25.1 Å². The molecule has 2 N–H and O–H groups in total. The highest BCUT2D eigenvalue weighted by molar-refractivity contribution is 14.1. The van der Waals surface area contributed by atoms with Gasteiger partial charge >= 0.3 is 0 Å². The summed E-state index contributed by atoms with van der Waals surface area (Å²) in [7, 11) is 0. The van der Waals surface area contributed by atoms with Crippen molar-refractivity contribution < 1.29 is 9.59 Å². The van der Waals surface area contributed by atoms with Crippen LogP contribution in [0.2, 0.25) is 0 Å². The first-order valence-electron chi connectivity index (χ1n) is 6.59. The molecule has 21 heavy (non-hydrogen) atoms. The molecule has 0 spiro atoms. The second-order valence-electron chi connectivity index (χ2n) is 5.09. The number of nitrogens with one attached hydrogen (secondary N) is 2. The summed E-state index contributed by atoms with van der Waals surface area (Å²) >= 11 is 2.23. The van der Waals surface area contributed by atoms with Gasteiger partial charge in [0.1, 0.15) is 5.69 Å². The minimum Gasteiger partial charge on any atom is -0.354 e. The zero-order valence-electron chi connectivity index (χ0n) is 12.4. The van der Waals surface area contributed by atoms with Gasteiger partial charge in [0.25, 0.3) is 5.91 Å². The van der Waals surface area contributed by atoms with E-state index in [4.69, 9.17) is 0 Å². The van der Waals surface area contributed by atoms with Crippen LogP contribution in [0, 0.1) is 24.3 Å². The first kappa shape index (κ1) is 15.8. The molecule has 0 fully saturated rings. The summed E-state index contributed by atoms with van der Waals surface area (Å²) in [5.41, 5.74) is 4.24. The van der Waals surface area contributed by atoms with Gasteiger partial charge in [-0.1, -0.05) is 0 Å². The van der Waals surface area contributed by atoms with Gasteiger partial charge < -0.3 is 10.3 Å². The van der Waals surface area contributed by atoms with Crippen molar-refractivity contribution in [1.29, 1.82) is 0 Å². The molecule has 0 aliphatic rings. The number of rotatable bonds is 3. The smallest absolute Gasteiger partial charge is 0.272 e. The Hall–Kier alpha value is -1.63. The summed E-state index contributed by atoms with van der Waals surface area (Å²) < 4.78 is 1.12. The van der Waals surface area contributed by atoms with E-state index in [9.17, 15) is 9.59 Å². The van der Waals surface area contributed by atoms with E-state index in [1.165, 1.54) is 6.92 Å². The number of hydrogen-bond acceptors (Lipinski definition) is 2. The van der Waals surface area contributed by atoms with Gasteiger partial charge in [0.15, 0.2) is 5.78 Å². The van der Waals surface area contributed by atoms with Gasteiger partial charge in [-0.15, -0.1) is 0 Å². The Bertz CT molecular complexity index is 732. The van der Waals surface area contributed by atoms with Crippen molar-refractivity contribution in [3.05, 3.63) is 49.8 Å². The van der Waals surface area contributed by atoms with Crippen LogP contribution in [0.4, 0.5) is 5.69 Å². The molecule has 2 aromatic rings. The van der Waals surface area contributed by atoms with Gasteiger partial charge in [-0.3, -0.25) is 9.59 Å². The van der Waals surface area contributed by atoms with Crippen LogP contribution < -0.4 is 5.32 Å². The zero-order chi connectivity index (χ0) is 15.7. The van der Waals surface area contributed by atoms with Gasteiger partial charge in [-0.25, -0.2) is 0 Å². The van der Waals surface area contributed by atoms with Gasteiger partial charge in [-0.05, 0) is 79.6 Å². The molecule has 1 amide bonds. The number of H-pyrrole nitrogens is 1. The molecule has 0 atom stereocenters. The predicted molar refractivity (Wildman–Crippen MR) is 92.1 cm³/mol. The Morgan fingerprint density at radius 3 is 2.38 bits per heavy atom. The SMILES string of the molecule is CC(=O)c1c(C)[nH]c(C(=O)Nc2ccc(I)cc2C)c1C. The highest BCUT2D eigenvalue weighted by Gasteiger charge is 2.20. The number of hydrogen-bond donors (Lipinski definition) is 2. The molecule has 0 aliphatic carbocycles. The Labute approximate surface area is 137 Å². The fourth-order valence-electron chi connectivity index (χ4n) is 2.46. The third-order valence-electron chi connectivity index (χ3n) is 3.45. The lowest BCUT2D eigenvalue weighted by Crippen LogP contribution is -2.14. The van der Waals surface area contributed by atoms with Crippen molar-refractivity contribution in [2.24, 2.45) is 0 Å². The molecule has 1 aromatic carbocycles. The second kappa shape index (κ2) is 6.01. The van der Waals surface area contributed by atoms with Gasteiger partial charge in [-0.2, -0.15) is 0 Å². The van der Waals surface area contributed by atoms with E-state index in [1.54, 1.807) is 13.8 Å². The number of aromatic nitrogens is 1. The minimum atomic E-state index is -0.229. The van der Waals surface area contributed by atoms with Crippen molar-refractivity contribution in [2.75, 3.05) is 5.32 Å². The molecule has 1 heterocycles. The number of anilines is 1. The third kappa shape index (κ3) is 3.18. The number of carbonyl (C=O) groups is 2. The normalized spacial score (nSPS) is 10.5. The van der Waals surface area contributed by atoms with Crippen molar-refractivity contribution in [1.82, 2.24) is 4.98 Å². The average molecular weight is 396 g/mol. The number of ketones is 1. The topological polar surface area (TPSA) is 62.0 Å². The molecule has 4 nitrogen and oxygen atoms in total. The largest absolute Gasteiger partial charge is 0.354 e. The number of amides is 1. The summed E-state index contributed by atoms with van der Waals surface area (Å²) in [6, 6.07) is 5.83. The average Bonchev–Trinajstić information content (AvgIpc) is 2.68. The summed E-state index contributed by atoms with van der Waals surface area (Å²) in [4.78, 5) is 27.0. The van der Waals surface area contributed by atoms with E-state index >= 15 is 0 Å². The molecule has 0 aliphatic heterocycles. The lowest BCUT2D eigenvalue weighted by Gasteiger charge is -2.08. The number of aryl methyl sites for hydroxylation is 2. The van der Waals surface area contributed by atoms with Crippen LogP contribution in [-0.4, -0.2) is 16.7 Å². The highest BCUT2D eigenvalue weighted by atomic mass is 127. The first-order valence-corrected chi connectivity index (χ1v) is 7.66. The molecule has 0 saturated heterocycles. The molecule has 0 bridgehead atoms. The van der Waals surface area contributed by atoms with E-state index in [-0.39, 0.29) is 11.7 Å². The minimum absolute atomic E-state index is 0.0363. The van der Waals surface area contributed by atoms with Crippen LogP contribution in [0.15, 0.2) is 18.2 Å². The number of aromatic amines is 1. The first-order chi connectivity index (χ1) is 9.81. The highest BCUT2D eigenvalue weighted by Crippen LogP contribution is 2.22. The molecule has 0 saturated carbocycles. The summed E-state index contributed by atoms with van der Waals surface area (Å²) in [6.45, 7) is 7.05. The van der Waals surface area contributed by atoms with Crippen LogP contribution in [-0.2, 0) is 0 Å². The molecule has 5 heteroatoms. The summed E-state index contributed by atoms with van der Waals surface area (Å²) in [5, 5.41) is 2.89. The Kier molecular flexibility index (Phi) is 4.51. The van der Waals surface area contributed by atoms with E-state index in [0.29, 0.717) is 16.8 Å². The molecule has 1 aromatic heterocycles. The Morgan fingerprint density at radius 1 is 1.19 bits per heavy atom. The zero-order valence-corrected chi connectivity index (χ0v) is 14.6. The lowest BCUT2D eigenvalue weighted by atomic mass is 10.1. The van der Waals surface area contributed by atoms with Crippen molar-refractivity contribution >= 4 is 40.0 Å². The fourth-order valence-corrected chi connectivity index (χ4v) is 3.10. The Morgan fingerprint density at radius 2 is 1.86 bits per heavy atom. The fraction of sp³-hybridized carbons (Fsp3) is 0.250. The van der Waals surface area contributed by atoms with Crippen LogP contribution in [0.3, 0.4) is 0 Å². The van der Waals surface area contributed by atoms with Gasteiger partial charge in [0.05, 0.1) is 0 Å². The maximum absolute atomic E-state index is 12.4.